The predicted octanol–water partition coefficient (Wildman–Crippen LogP) is 3.51. The Morgan fingerprint density at radius 3 is 2.85 bits per heavy atom. The number of aromatic nitrogens is 3. The van der Waals surface area contributed by atoms with Gasteiger partial charge in [0, 0.05) is 19.6 Å². The van der Waals surface area contributed by atoms with Gasteiger partial charge >= 0.3 is 0 Å². The number of thiazole rings is 1. The molecule has 27 heavy (non-hydrogen) atoms. The third-order valence-electron chi connectivity index (χ3n) is 4.94. The zero-order chi connectivity index (χ0) is 19.1. The maximum Gasteiger partial charge on any atom is 0.194 e. The number of aryl methyl sites for hydroxylation is 2. The van der Waals surface area contributed by atoms with Crippen LogP contribution >= 0.6 is 11.3 Å². The number of piperidine rings is 1. The van der Waals surface area contributed by atoms with Gasteiger partial charge in [-0.15, -0.1) is 5.10 Å². The molecule has 1 aliphatic heterocycles. The molecule has 2 atom stereocenters. The number of rotatable bonds is 4. The Labute approximate surface area is 161 Å². The van der Waals surface area contributed by atoms with Gasteiger partial charge in [-0.25, -0.2) is 9.07 Å². The fourth-order valence-corrected chi connectivity index (χ4v) is 4.72. The highest BCUT2D eigenvalue weighted by atomic mass is 32.1. The van der Waals surface area contributed by atoms with Crippen molar-refractivity contribution in [3.63, 3.8) is 0 Å². The number of likely N-dealkylation sites (tertiary alicyclic amines) is 1. The quantitative estimate of drug-likeness (QED) is 0.715. The molecule has 6 nitrogen and oxygen atoms in total. The number of benzene rings is 1. The van der Waals surface area contributed by atoms with Crippen molar-refractivity contribution in [1.82, 2.24) is 19.7 Å². The summed E-state index contributed by atoms with van der Waals surface area (Å²) in [5, 5.41) is 18.9. The van der Waals surface area contributed by atoms with Crippen LogP contribution in [0.5, 0.6) is 5.75 Å². The minimum Gasteiger partial charge on any atom is -0.506 e. The lowest BCUT2D eigenvalue weighted by atomic mass is 9.97. The minimum absolute atomic E-state index is 0.211. The molecule has 3 aromatic rings. The molecule has 0 amide bonds. The molecule has 2 N–H and O–H groups in total. The van der Waals surface area contributed by atoms with Gasteiger partial charge in [0.05, 0.1) is 10.9 Å². The summed E-state index contributed by atoms with van der Waals surface area (Å²) in [6.45, 7) is 6.04. The molecule has 8 heteroatoms. The van der Waals surface area contributed by atoms with Crippen LogP contribution in [0.25, 0.3) is 16.0 Å². The smallest absolute Gasteiger partial charge is 0.194 e. The predicted molar refractivity (Wildman–Crippen MR) is 107 cm³/mol. The number of phenolic OH excluding ortho intramolecular Hbond substituents is 1. The molecular weight excluding hydrogens is 365 g/mol. The number of phenols is 1. The third-order valence-corrected chi connectivity index (χ3v) is 5.88. The molecule has 4 rings (SSSR count). The second kappa shape index (κ2) is 7.09. The Balaban J connectivity index is 1.50. The van der Waals surface area contributed by atoms with E-state index in [4.69, 9.17) is 0 Å². The summed E-state index contributed by atoms with van der Waals surface area (Å²) >= 11 is 1.52. The van der Waals surface area contributed by atoms with E-state index in [-0.39, 0.29) is 11.7 Å². The first-order valence-corrected chi connectivity index (χ1v) is 9.94. The monoisotopic (exact) mass is 389 g/mol. The van der Waals surface area contributed by atoms with Gasteiger partial charge in [0.25, 0.3) is 0 Å². The summed E-state index contributed by atoms with van der Waals surface area (Å²) in [6, 6.07) is 3.75. The van der Waals surface area contributed by atoms with Gasteiger partial charge in [-0.2, -0.15) is 4.98 Å². The van der Waals surface area contributed by atoms with Crippen molar-refractivity contribution in [3.8, 4) is 11.4 Å². The van der Waals surface area contributed by atoms with Crippen LogP contribution in [-0.2, 0) is 0 Å². The Hall–Kier alpha value is -2.19. The Morgan fingerprint density at radius 1 is 1.33 bits per heavy atom. The number of hydrogen-bond donors (Lipinski definition) is 2. The van der Waals surface area contributed by atoms with Gasteiger partial charge in [-0.3, -0.25) is 0 Å². The molecule has 1 saturated heterocycles. The van der Waals surface area contributed by atoms with Crippen molar-refractivity contribution in [2.45, 2.75) is 26.4 Å². The minimum atomic E-state index is -0.751. The number of halogens is 1. The molecule has 0 aliphatic carbocycles. The molecule has 1 aromatic carbocycles. The van der Waals surface area contributed by atoms with E-state index in [1.165, 1.54) is 11.3 Å². The van der Waals surface area contributed by atoms with Crippen LogP contribution in [-0.4, -0.2) is 57.6 Å². The molecule has 0 unspecified atom stereocenters. The molecule has 3 heterocycles. The molecule has 1 aliphatic rings. The molecule has 1 fully saturated rings. The number of alkyl halides is 1. The van der Waals surface area contributed by atoms with Gasteiger partial charge in [0.15, 0.2) is 10.8 Å². The SMILES string of the molecule is Cc1cc(C)c(-n2cc3sc(NC[C@@H]4C[C@@H](F)CN(C)C4)nc3n2)c(O)c1. The second-order valence-corrected chi connectivity index (χ2v) is 8.56. The van der Waals surface area contributed by atoms with E-state index in [2.05, 4.69) is 15.4 Å². The molecule has 0 saturated carbocycles. The van der Waals surface area contributed by atoms with E-state index < -0.39 is 6.17 Å². The Kier molecular flexibility index (Phi) is 4.77. The van der Waals surface area contributed by atoms with E-state index >= 15 is 0 Å². The van der Waals surface area contributed by atoms with Crippen LogP contribution in [0.15, 0.2) is 18.3 Å². The number of aromatic hydroxyl groups is 1. The van der Waals surface area contributed by atoms with Crippen molar-refractivity contribution in [3.05, 3.63) is 29.5 Å². The summed E-state index contributed by atoms with van der Waals surface area (Å²) in [5.41, 5.74) is 3.30. The summed E-state index contributed by atoms with van der Waals surface area (Å²) in [6.07, 6.45) is 1.74. The first-order valence-electron chi connectivity index (χ1n) is 9.12. The molecule has 144 valence electrons. The van der Waals surface area contributed by atoms with Crippen LogP contribution in [0, 0.1) is 19.8 Å². The van der Waals surface area contributed by atoms with E-state index in [0.29, 0.717) is 30.8 Å². The summed E-state index contributed by atoms with van der Waals surface area (Å²) in [4.78, 5) is 6.59. The number of fused-ring (bicyclic) bond motifs is 1. The van der Waals surface area contributed by atoms with Gasteiger partial charge in [-0.1, -0.05) is 17.4 Å². The lowest BCUT2D eigenvalue weighted by Crippen LogP contribution is -2.41. The largest absolute Gasteiger partial charge is 0.506 e. The summed E-state index contributed by atoms with van der Waals surface area (Å²) < 4.78 is 16.3. The van der Waals surface area contributed by atoms with Gasteiger partial charge in [0.2, 0.25) is 0 Å². The highest BCUT2D eigenvalue weighted by molar-refractivity contribution is 7.22. The lowest BCUT2D eigenvalue weighted by Gasteiger charge is -2.32. The summed E-state index contributed by atoms with van der Waals surface area (Å²) in [7, 11) is 1.96. The number of hydrogen-bond acceptors (Lipinski definition) is 6. The molecule has 0 bridgehead atoms. The number of nitrogens with zero attached hydrogens (tertiary/aromatic N) is 4. The standard InChI is InChI=1S/C19H24FN5OS/c1-11-4-12(2)17(15(26)5-11)25-10-16-18(23-25)22-19(27-16)21-7-13-6-14(20)9-24(3)8-13/h4-5,10,13-14,26H,6-9H2,1-3H3,(H,21,22,23)/t13-,14+/m0/s1. The zero-order valence-corrected chi connectivity index (χ0v) is 16.6. The normalized spacial score (nSPS) is 21.0. The molecule has 2 aromatic heterocycles. The Bertz CT molecular complexity index is 904. The van der Waals surface area contributed by atoms with E-state index in [0.717, 1.165) is 27.5 Å². The van der Waals surface area contributed by atoms with Crippen molar-refractivity contribution < 1.29 is 9.50 Å². The maximum absolute atomic E-state index is 13.7. The van der Waals surface area contributed by atoms with Crippen molar-refractivity contribution in [2.75, 3.05) is 32.0 Å². The van der Waals surface area contributed by atoms with Crippen LogP contribution in [0.2, 0.25) is 0 Å². The van der Waals surface area contributed by atoms with Gasteiger partial charge < -0.3 is 15.3 Å². The van der Waals surface area contributed by atoms with Crippen LogP contribution in [0.3, 0.4) is 0 Å². The lowest BCUT2D eigenvalue weighted by molar-refractivity contribution is 0.122. The Morgan fingerprint density at radius 2 is 2.15 bits per heavy atom. The fourth-order valence-electron chi connectivity index (χ4n) is 3.89. The van der Waals surface area contributed by atoms with Crippen molar-refractivity contribution in [2.24, 2.45) is 5.92 Å². The van der Waals surface area contributed by atoms with E-state index in [9.17, 15) is 9.50 Å². The maximum atomic E-state index is 13.7. The fraction of sp³-hybridized carbons (Fsp3) is 0.474. The van der Waals surface area contributed by atoms with E-state index in [1.807, 2.05) is 38.1 Å². The summed E-state index contributed by atoms with van der Waals surface area (Å²) in [5.74, 6) is 0.491. The highest BCUT2D eigenvalue weighted by Crippen LogP contribution is 2.31. The van der Waals surface area contributed by atoms with Gasteiger partial charge in [0.1, 0.15) is 17.6 Å². The van der Waals surface area contributed by atoms with Crippen LogP contribution < -0.4 is 5.32 Å². The first-order chi connectivity index (χ1) is 12.9. The second-order valence-electron chi connectivity index (χ2n) is 7.53. The van der Waals surface area contributed by atoms with Crippen LogP contribution in [0.4, 0.5) is 9.52 Å². The van der Waals surface area contributed by atoms with Crippen molar-refractivity contribution >= 4 is 26.8 Å². The average Bonchev–Trinajstić information content (AvgIpc) is 3.09. The third kappa shape index (κ3) is 3.77. The number of nitrogens with one attached hydrogen (secondary N) is 1. The molecule has 0 radical (unpaired) electrons. The topological polar surface area (TPSA) is 66.2 Å². The van der Waals surface area contributed by atoms with Gasteiger partial charge in [-0.05, 0) is 50.4 Å². The average molecular weight is 390 g/mol. The van der Waals surface area contributed by atoms with Crippen molar-refractivity contribution in [1.29, 1.82) is 0 Å². The first kappa shape index (κ1) is 18.2. The molecular formula is C19H24FN5OS. The van der Waals surface area contributed by atoms with E-state index in [1.54, 1.807) is 10.7 Å². The van der Waals surface area contributed by atoms with Crippen LogP contribution in [0.1, 0.15) is 17.5 Å². The molecule has 0 spiro atoms. The number of anilines is 1. The highest BCUT2D eigenvalue weighted by Gasteiger charge is 2.25. The zero-order valence-electron chi connectivity index (χ0n) is 15.7.